The Morgan fingerprint density at radius 2 is 1.88 bits per heavy atom. The van der Waals surface area contributed by atoms with Crippen molar-refractivity contribution in [2.75, 3.05) is 11.4 Å². The maximum atomic E-state index is 10.8. The number of aliphatic imine (C=N–C) groups is 1. The number of thiophene rings is 1. The highest BCUT2D eigenvalue weighted by Crippen LogP contribution is 2.39. The molecule has 1 aromatic carbocycles. The Morgan fingerprint density at radius 1 is 1.31 bits per heavy atom. The Labute approximate surface area is 193 Å². The highest BCUT2D eigenvalue weighted by atomic mass is 35.5. The Morgan fingerprint density at radius 3 is 2.38 bits per heavy atom. The number of aryl methyl sites for hydroxylation is 1. The summed E-state index contributed by atoms with van der Waals surface area (Å²) in [4.78, 5) is 18.4. The summed E-state index contributed by atoms with van der Waals surface area (Å²) in [5.74, 6) is 0.412. The summed E-state index contributed by atoms with van der Waals surface area (Å²) in [5, 5.41) is 20.9. The van der Waals surface area contributed by atoms with Crippen molar-refractivity contribution in [2.45, 2.75) is 39.9 Å². The Bertz CT molecular complexity index is 1040. The van der Waals surface area contributed by atoms with Gasteiger partial charge in [0.15, 0.2) is 0 Å². The molecule has 11 heteroatoms. The number of nitrogens with one attached hydrogen (secondary N) is 3. The minimum atomic E-state index is -4.00. The molecule has 0 aliphatic carbocycles. The molecule has 2 aromatic rings. The lowest BCUT2D eigenvalue weighted by Crippen LogP contribution is -2.43. The lowest BCUT2D eigenvalue weighted by molar-refractivity contribution is -0.110. The number of nitrogens with zero attached hydrogens (tertiary/aromatic N) is 2. The summed E-state index contributed by atoms with van der Waals surface area (Å²) in [5.41, 5.74) is 3.63. The smallest absolute Gasteiger partial charge is 0.356 e. The van der Waals surface area contributed by atoms with Crippen LogP contribution < -0.4 is 10.2 Å². The number of alkyl halides is 3. The normalized spacial score (nSPS) is 15.8. The number of hydrogen-bond acceptors (Lipinski definition) is 5. The number of fused-ring (bicyclic) bond motifs is 1. The first-order chi connectivity index (χ1) is 14.8. The molecule has 0 fully saturated rings. The number of carbonyl (C=O) groups excluding carboxylic acids is 1. The molecule has 0 spiro atoms. The standard InChI is InChI=1S/C19H20ClN5OS.C2H3F3/c1-10-11(2)27-19-16(10)17(13-4-6-14(20)7-5-13)24-15(8-23-9-26)18(22)25(19)12(3)21;1-2(3,4)5/h4-7,9,15,21-22H,8H2,1-3H3,(H,23,26);1H3. The number of amides is 1. The van der Waals surface area contributed by atoms with Crippen molar-refractivity contribution in [1.29, 1.82) is 10.8 Å². The third-order valence-electron chi connectivity index (χ3n) is 4.50. The maximum absolute atomic E-state index is 10.8. The first-order valence-electron chi connectivity index (χ1n) is 9.46. The van der Waals surface area contributed by atoms with Gasteiger partial charge in [0.1, 0.15) is 22.7 Å². The third-order valence-corrected chi connectivity index (χ3v) is 5.94. The largest absolute Gasteiger partial charge is 0.386 e. The summed E-state index contributed by atoms with van der Waals surface area (Å²) in [7, 11) is 0. The molecule has 1 amide bonds. The molecule has 1 unspecified atom stereocenters. The number of benzene rings is 1. The van der Waals surface area contributed by atoms with Crippen LogP contribution in [0.2, 0.25) is 5.02 Å². The van der Waals surface area contributed by atoms with Gasteiger partial charge in [-0.05, 0) is 38.5 Å². The molecule has 0 bridgehead atoms. The van der Waals surface area contributed by atoms with Crippen LogP contribution in [0.5, 0.6) is 0 Å². The molecule has 3 N–H and O–H groups in total. The summed E-state index contributed by atoms with van der Waals surface area (Å²) in [6.45, 7) is 6.09. The number of anilines is 1. The summed E-state index contributed by atoms with van der Waals surface area (Å²) in [6, 6.07) is 6.82. The van der Waals surface area contributed by atoms with E-state index in [-0.39, 0.29) is 25.1 Å². The molecule has 172 valence electrons. The van der Waals surface area contributed by atoms with Gasteiger partial charge in [-0.25, -0.2) is 0 Å². The molecule has 0 saturated heterocycles. The molecule has 1 aromatic heterocycles. The highest BCUT2D eigenvalue weighted by Gasteiger charge is 2.33. The zero-order valence-electron chi connectivity index (χ0n) is 17.9. The van der Waals surface area contributed by atoms with Gasteiger partial charge in [-0.1, -0.05) is 23.7 Å². The first kappa shape index (κ1) is 25.5. The van der Waals surface area contributed by atoms with Crippen molar-refractivity contribution in [3.8, 4) is 0 Å². The van der Waals surface area contributed by atoms with E-state index in [0.29, 0.717) is 11.4 Å². The zero-order valence-corrected chi connectivity index (χ0v) is 19.5. The van der Waals surface area contributed by atoms with Crippen molar-refractivity contribution >= 4 is 51.7 Å². The third kappa shape index (κ3) is 6.17. The Balaban J connectivity index is 0.000000654. The monoisotopic (exact) mass is 485 g/mol. The fourth-order valence-corrected chi connectivity index (χ4v) is 4.40. The van der Waals surface area contributed by atoms with Gasteiger partial charge >= 0.3 is 6.18 Å². The molecule has 1 aliphatic rings. The Kier molecular flexibility index (Phi) is 8.19. The van der Waals surface area contributed by atoms with Crippen molar-refractivity contribution in [2.24, 2.45) is 4.99 Å². The van der Waals surface area contributed by atoms with Crippen molar-refractivity contribution < 1.29 is 18.0 Å². The average molecular weight is 486 g/mol. The predicted octanol–water partition coefficient (Wildman–Crippen LogP) is 5.33. The number of amidine groups is 2. The SMILES string of the molecule is CC(=N)N1C(=N)C(CNC=O)N=C(c2ccc(Cl)cc2)c2c1sc(C)c2C.CC(F)(F)F. The van der Waals surface area contributed by atoms with E-state index in [1.165, 1.54) is 0 Å². The van der Waals surface area contributed by atoms with Gasteiger partial charge < -0.3 is 5.32 Å². The van der Waals surface area contributed by atoms with Gasteiger partial charge in [0.25, 0.3) is 0 Å². The molecule has 6 nitrogen and oxygen atoms in total. The fourth-order valence-electron chi connectivity index (χ4n) is 3.05. The fraction of sp³-hybridized carbons (Fsp3) is 0.333. The van der Waals surface area contributed by atoms with Crippen LogP contribution in [-0.2, 0) is 4.79 Å². The zero-order chi connectivity index (χ0) is 24.2. The summed E-state index contributed by atoms with van der Waals surface area (Å²) >= 11 is 7.59. The summed E-state index contributed by atoms with van der Waals surface area (Å²) < 4.78 is 31.1. The second-order valence-corrected chi connectivity index (χ2v) is 8.72. The molecule has 2 heterocycles. The molecule has 1 atom stereocenters. The van der Waals surface area contributed by atoms with Gasteiger partial charge in [-0.15, -0.1) is 11.3 Å². The van der Waals surface area contributed by atoms with Crippen LogP contribution >= 0.6 is 22.9 Å². The molecule has 0 radical (unpaired) electrons. The van der Waals surface area contributed by atoms with E-state index in [1.807, 2.05) is 38.1 Å². The van der Waals surface area contributed by atoms with Gasteiger partial charge in [0, 0.05) is 34.5 Å². The summed E-state index contributed by atoms with van der Waals surface area (Å²) in [6.07, 6.45) is -3.40. The van der Waals surface area contributed by atoms with Crippen molar-refractivity contribution in [3.05, 3.63) is 50.9 Å². The van der Waals surface area contributed by atoms with Crippen LogP contribution in [0.25, 0.3) is 0 Å². The predicted molar refractivity (Wildman–Crippen MR) is 124 cm³/mol. The van der Waals surface area contributed by atoms with Crippen LogP contribution in [0.1, 0.15) is 35.4 Å². The van der Waals surface area contributed by atoms with E-state index in [4.69, 9.17) is 27.4 Å². The lowest BCUT2D eigenvalue weighted by Gasteiger charge is -2.24. The van der Waals surface area contributed by atoms with Crippen molar-refractivity contribution in [1.82, 2.24) is 5.32 Å². The van der Waals surface area contributed by atoms with E-state index < -0.39 is 12.2 Å². The molecule has 32 heavy (non-hydrogen) atoms. The average Bonchev–Trinajstić information content (AvgIpc) is 2.88. The second-order valence-electron chi connectivity index (χ2n) is 7.08. The Hall–Kier alpha value is -2.72. The lowest BCUT2D eigenvalue weighted by atomic mass is 10.00. The first-order valence-corrected chi connectivity index (χ1v) is 10.7. The van der Waals surface area contributed by atoms with E-state index in [9.17, 15) is 18.0 Å². The van der Waals surface area contributed by atoms with E-state index in [1.54, 1.807) is 23.2 Å². The van der Waals surface area contributed by atoms with E-state index in [2.05, 4.69) is 5.32 Å². The molecular formula is C21H23ClF3N5OS. The van der Waals surface area contributed by atoms with Crippen LogP contribution in [0.15, 0.2) is 29.3 Å². The quantitative estimate of drug-likeness (QED) is 0.310. The van der Waals surface area contributed by atoms with Crippen LogP contribution in [0.4, 0.5) is 18.2 Å². The van der Waals surface area contributed by atoms with E-state index >= 15 is 0 Å². The molecule has 3 rings (SSSR count). The topological polar surface area (TPSA) is 92.4 Å². The molecule has 0 saturated carbocycles. The van der Waals surface area contributed by atoms with Crippen molar-refractivity contribution in [3.63, 3.8) is 0 Å². The van der Waals surface area contributed by atoms with E-state index in [0.717, 1.165) is 32.3 Å². The van der Waals surface area contributed by atoms with Crippen LogP contribution in [0.3, 0.4) is 0 Å². The minimum absolute atomic E-state index is 0.170. The van der Waals surface area contributed by atoms with Gasteiger partial charge in [-0.2, -0.15) is 13.2 Å². The van der Waals surface area contributed by atoms with Gasteiger partial charge in [0.05, 0.1) is 5.71 Å². The molecular weight excluding hydrogens is 463 g/mol. The van der Waals surface area contributed by atoms with Crippen LogP contribution in [0, 0.1) is 24.7 Å². The van der Waals surface area contributed by atoms with Gasteiger partial charge in [-0.3, -0.25) is 25.5 Å². The number of rotatable bonds is 4. The van der Waals surface area contributed by atoms with Crippen LogP contribution in [-0.4, -0.2) is 42.6 Å². The maximum Gasteiger partial charge on any atom is 0.386 e. The highest BCUT2D eigenvalue weighted by molar-refractivity contribution is 7.17. The second kappa shape index (κ2) is 10.3. The number of hydrogen-bond donors (Lipinski definition) is 3. The molecule has 1 aliphatic heterocycles. The minimum Gasteiger partial charge on any atom is -0.356 e. The van der Waals surface area contributed by atoms with Gasteiger partial charge in [0.2, 0.25) is 6.41 Å². The number of halogens is 4. The number of carbonyl (C=O) groups is 1.